The minimum Gasteiger partial charge on any atom is -0.497 e. The summed E-state index contributed by atoms with van der Waals surface area (Å²) in [6, 6.07) is 14.7. The van der Waals surface area contributed by atoms with Gasteiger partial charge in [-0.15, -0.1) is 0 Å². The Labute approximate surface area is 144 Å². The SMILES string of the molecule is CCCCB1O[C@H]2c3ccc(OC)cc3-c3ccccc3[C@@]2(C)O1. The molecule has 0 aromatic heterocycles. The van der Waals surface area contributed by atoms with Crippen molar-refractivity contribution in [1.82, 2.24) is 0 Å². The Balaban J connectivity index is 1.84. The summed E-state index contributed by atoms with van der Waals surface area (Å²) >= 11 is 0. The highest BCUT2D eigenvalue weighted by molar-refractivity contribution is 6.45. The molecule has 1 saturated heterocycles. The van der Waals surface area contributed by atoms with E-state index in [0.717, 1.165) is 24.9 Å². The number of hydrogen-bond donors (Lipinski definition) is 0. The van der Waals surface area contributed by atoms with E-state index >= 15 is 0 Å². The van der Waals surface area contributed by atoms with Gasteiger partial charge in [-0.1, -0.05) is 50.1 Å². The molecule has 2 atom stereocenters. The Morgan fingerprint density at radius 3 is 2.79 bits per heavy atom. The van der Waals surface area contributed by atoms with Gasteiger partial charge in [0.2, 0.25) is 0 Å². The summed E-state index contributed by atoms with van der Waals surface area (Å²) in [6.45, 7) is 4.36. The Morgan fingerprint density at radius 1 is 1.17 bits per heavy atom. The molecule has 2 aromatic rings. The molecule has 4 rings (SSSR count). The zero-order chi connectivity index (χ0) is 16.7. The van der Waals surface area contributed by atoms with Crippen LogP contribution in [-0.2, 0) is 14.9 Å². The molecule has 3 nitrogen and oxygen atoms in total. The van der Waals surface area contributed by atoms with E-state index in [1.807, 2.05) is 6.07 Å². The first-order chi connectivity index (χ1) is 11.7. The van der Waals surface area contributed by atoms with Gasteiger partial charge in [-0.25, -0.2) is 0 Å². The fraction of sp³-hybridized carbons (Fsp3) is 0.400. The Morgan fingerprint density at radius 2 is 2.00 bits per heavy atom. The topological polar surface area (TPSA) is 27.7 Å². The number of methoxy groups -OCH3 is 1. The third-order valence-electron chi connectivity index (χ3n) is 5.25. The van der Waals surface area contributed by atoms with Crippen LogP contribution in [0.1, 0.15) is 43.9 Å². The van der Waals surface area contributed by atoms with Gasteiger partial charge in [0.05, 0.1) is 7.11 Å². The molecule has 0 amide bonds. The summed E-state index contributed by atoms with van der Waals surface area (Å²) in [7, 11) is 1.57. The molecule has 1 aliphatic carbocycles. The maximum Gasteiger partial charge on any atom is 0.458 e. The largest absolute Gasteiger partial charge is 0.497 e. The highest BCUT2D eigenvalue weighted by Gasteiger charge is 2.53. The molecule has 1 fully saturated rings. The van der Waals surface area contributed by atoms with Crippen LogP contribution in [0.25, 0.3) is 11.1 Å². The zero-order valence-corrected chi connectivity index (χ0v) is 14.5. The van der Waals surface area contributed by atoms with Crippen LogP contribution in [0.2, 0.25) is 6.32 Å². The van der Waals surface area contributed by atoms with Crippen molar-refractivity contribution in [2.24, 2.45) is 0 Å². The molecule has 0 N–H and O–H groups in total. The second kappa shape index (κ2) is 5.94. The number of ether oxygens (including phenoxy) is 1. The summed E-state index contributed by atoms with van der Waals surface area (Å²) in [5, 5.41) is 0. The fourth-order valence-corrected chi connectivity index (χ4v) is 3.99. The quantitative estimate of drug-likeness (QED) is 0.744. The monoisotopic (exact) mass is 322 g/mol. The second-order valence-corrected chi connectivity index (χ2v) is 6.81. The summed E-state index contributed by atoms with van der Waals surface area (Å²) < 4.78 is 18.2. The van der Waals surface area contributed by atoms with E-state index < -0.39 is 5.60 Å². The highest BCUT2D eigenvalue weighted by Crippen LogP contribution is 2.56. The van der Waals surface area contributed by atoms with E-state index in [9.17, 15) is 0 Å². The Hall–Kier alpha value is -1.78. The molecule has 0 bridgehead atoms. The first-order valence-electron chi connectivity index (χ1n) is 8.78. The van der Waals surface area contributed by atoms with Gasteiger partial charge in [-0.05, 0) is 47.6 Å². The molecule has 1 aliphatic heterocycles. The van der Waals surface area contributed by atoms with Gasteiger partial charge in [0.25, 0.3) is 0 Å². The van der Waals surface area contributed by atoms with Crippen molar-refractivity contribution in [3.8, 4) is 16.9 Å². The molecule has 0 radical (unpaired) electrons. The molecule has 2 aliphatic rings. The number of rotatable bonds is 4. The minimum atomic E-state index is -0.434. The van der Waals surface area contributed by atoms with Gasteiger partial charge >= 0.3 is 7.12 Å². The normalized spacial score (nSPS) is 24.3. The average Bonchev–Trinajstić information content (AvgIpc) is 2.97. The van der Waals surface area contributed by atoms with E-state index in [4.69, 9.17) is 14.0 Å². The van der Waals surface area contributed by atoms with E-state index in [1.54, 1.807) is 7.11 Å². The lowest BCUT2D eigenvalue weighted by molar-refractivity contribution is 0.0489. The van der Waals surface area contributed by atoms with Crippen LogP contribution < -0.4 is 4.74 Å². The van der Waals surface area contributed by atoms with E-state index in [0.29, 0.717) is 0 Å². The van der Waals surface area contributed by atoms with E-state index in [-0.39, 0.29) is 13.2 Å². The molecule has 4 heteroatoms. The van der Waals surface area contributed by atoms with Crippen LogP contribution in [0.4, 0.5) is 0 Å². The van der Waals surface area contributed by atoms with Gasteiger partial charge in [0.15, 0.2) is 0 Å². The first kappa shape index (κ1) is 15.7. The lowest BCUT2D eigenvalue weighted by Gasteiger charge is -2.38. The number of unbranched alkanes of at least 4 members (excludes halogenated alkanes) is 1. The second-order valence-electron chi connectivity index (χ2n) is 6.81. The third kappa shape index (κ3) is 2.28. The van der Waals surface area contributed by atoms with Crippen LogP contribution in [0.5, 0.6) is 5.75 Å². The first-order valence-corrected chi connectivity index (χ1v) is 8.78. The molecular weight excluding hydrogens is 299 g/mol. The van der Waals surface area contributed by atoms with Crippen molar-refractivity contribution in [2.75, 3.05) is 7.11 Å². The van der Waals surface area contributed by atoms with Crippen LogP contribution in [0, 0.1) is 0 Å². The van der Waals surface area contributed by atoms with Crippen molar-refractivity contribution in [2.45, 2.75) is 44.7 Å². The molecule has 2 aromatic carbocycles. The van der Waals surface area contributed by atoms with Gasteiger partial charge in [-0.2, -0.15) is 0 Å². The number of benzene rings is 2. The smallest absolute Gasteiger partial charge is 0.458 e. The maximum atomic E-state index is 6.44. The van der Waals surface area contributed by atoms with Crippen LogP contribution in [0.3, 0.4) is 0 Å². The van der Waals surface area contributed by atoms with Crippen molar-refractivity contribution >= 4 is 7.12 Å². The van der Waals surface area contributed by atoms with Crippen molar-refractivity contribution in [3.05, 3.63) is 53.6 Å². The van der Waals surface area contributed by atoms with E-state index in [1.165, 1.54) is 22.3 Å². The van der Waals surface area contributed by atoms with Crippen molar-refractivity contribution in [1.29, 1.82) is 0 Å². The predicted octanol–water partition coefficient (Wildman–Crippen LogP) is 4.97. The minimum absolute atomic E-state index is 0.0739. The van der Waals surface area contributed by atoms with Crippen molar-refractivity contribution < 1.29 is 14.0 Å². The molecular formula is C20H23BO3. The van der Waals surface area contributed by atoms with Gasteiger partial charge in [0.1, 0.15) is 17.5 Å². The molecule has 0 saturated carbocycles. The molecule has 124 valence electrons. The van der Waals surface area contributed by atoms with Gasteiger partial charge in [0, 0.05) is 0 Å². The zero-order valence-electron chi connectivity index (χ0n) is 14.5. The van der Waals surface area contributed by atoms with Gasteiger partial charge < -0.3 is 14.0 Å². The number of hydrogen-bond acceptors (Lipinski definition) is 3. The van der Waals surface area contributed by atoms with Gasteiger partial charge in [-0.3, -0.25) is 0 Å². The molecule has 0 unspecified atom stereocenters. The molecule has 0 spiro atoms. The fourth-order valence-electron chi connectivity index (χ4n) is 3.99. The van der Waals surface area contributed by atoms with Crippen LogP contribution in [-0.4, -0.2) is 14.2 Å². The molecule has 1 heterocycles. The average molecular weight is 322 g/mol. The summed E-state index contributed by atoms with van der Waals surface area (Å²) in [6.07, 6.45) is 3.13. The third-order valence-corrected chi connectivity index (χ3v) is 5.25. The predicted molar refractivity (Wildman–Crippen MR) is 96.2 cm³/mol. The summed E-state index contributed by atoms with van der Waals surface area (Å²) in [4.78, 5) is 0. The van der Waals surface area contributed by atoms with Crippen molar-refractivity contribution in [3.63, 3.8) is 0 Å². The highest BCUT2D eigenvalue weighted by atomic mass is 16.7. The molecule has 24 heavy (non-hydrogen) atoms. The lowest BCUT2D eigenvalue weighted by atomic mass is 9.74. The van der Waals surface area contributed by atoms with Crippen LogP contribution >= 0.6 is 0 Å². The van der Waals surface area contributed by atoms with Crippen LogP contribution in [0.15, 0.2) is 42.5 Å². The maximum absolute atomic E-state index is 6.44. The summed E-state index contributed by atoms with van der Waals surface area (Å²) in [5.41, 5.74) is 4.36. The summed E-state index contributed by atoms with van der Waals surface area (Å²) in [5.74, 6) is 0.869. The standard InChI is InChI=1S/C20H23BO3/c1-4-5-12-21-23-19-16-11-10-14(22-3)13-17(16)15-8-6-7-9-18(15)20(19,2)24-21/h6-11,13,19H,4-5,12H2,1-3H3/t19-,20+/m0/s1. The van der Waals surface area contributed by atoms with E-state index in [2.05, 4.69) is 50.2 Å². The Kier molecular flexibility index (Phi) is 3.90. The number of fused-ring (bicyclic) bond motifs is 6. The Bertz CT molecular complexity index is 760. The lowest BCUT2D eigenvalue weighted by Crippen LogP contribution is -2.32.